The molecule has 0 saturated heterocycles. The number of nitrogens with one attached hydrogen (secondary N) is 1. The van der Waals surface area contributed by atoms with Crippen LogP contribution in [-0.2, 0) is 4.79 Å². The van der Waals surface area contributed by atoms with Gasteiger partial charge in [-0.2, -0.15) is 0 Å². The molecule has 1 aromatic carbocycles. The zero-order valence-electron chi connectivity index (χ0n) is 10.2. The van der Waals surface area contributed by atoms with Crippen molar-refractivity contribution in [2.45, 2.75) is 20.8 Å². The number of amides is 1. The van der Waals surface area contributed by atoms with E-state index in [0.29, 0.717) is 6.54 Å². The number of hydrogen-bond acceptors (Lipinski definition) is 1. The summed E-state index contributed by atoms with van der Waals surface area (Å²) in [5.74, 6) is 0.0743. The molecule has 0 saturated carbocycles. The molecule has 0 unspecified atom stereocenters. The highest BCUT2D eigenvalue weighted by atomic mass is 16.2. The molecule has 0 aromatic heterocycles. The van der Waals surface area contributed by atoms with Crippen molar-refractivity contribution in [3.05, 3.63) is 42.0 Å². The van der Waals surface area contributed by atoms with E-state index in [2.05, 4.69) is 5.32 Å². The van der Waals surface area contributed by atoms with Gasteiger partial charge in [0.05, 0.1) is 0 Å². The minimum atomic E-state index is -0.319. The maximum absolute atomic E-state index is 11.5. The molecule has 86 valence electrons. The van der Waals surface area contributed by atoms with Gasteiger partial charge in [0.15, 0.2) is 0 Å². The summed E-state index contributed by atoms with van der Waals surface area (Å²) in [5, 5.41) is 2.87. The minimum absolute atomic E-state index is 0.0743. The first-order valence-electron chi connectivity index (χ1n) is 5.50. The Kier molecular flexibility index (Phi) is 4.29. The van der Waals surface area contributed by atoms with E-state index in [1.54, 1.807) is 0 Å². The second-order valence-electron chi connectivity index (χ2n) is 4.77. The Morgan fingerprint density at radius 2 is 1.88 bits per heavy atom. The molecule has 16 heavy (non-hydrogen) atoms. The van der Waals surface area contributed by atoms with Crippen molar-refractivity contribution in [1.29, 1.82) is 0 Å². The van der Waals surface area contributed by atoms with Crippen LogP contribution in [0.5, 0.6) is 0 Å². The van der Waals surface area contributed by atoms with Gasteiger partial charge in [0.25, 0.3) is 0 Å². The summed E-state index contributed by atoms with van der Waals surface area (Å²) < 4.78 is 0. The van der Waals surface area contributed by atoms with E-state index in [4.69, 9.17) is 0 Å². The molecule has 0 heterocycles. The molecule has 1 aromatic rings. The van der Waals surface area contributed by atoms with Crippen LogP contribution in [0.15, 0.2) is 36.4 Å². The van der Waals surface area contributed by atoms with Gasteiger partial charge in [-0.15, -0.1) is 0 Å². The third-order valence-corrected chi connectivity index (χ3v) is 2.17. The fourth-order valence-electron chi connectivity index (χ4n) is 1.18. The molecule has 0 aliphatic heterocycles. The van der Waals surface area contributed by atoms with Crippen LogP contribution in [-0.4, -0.2) is 12.5 Å². The summed E-state index contributed by atoms with van der Waals surface area (Å²) in [6, 6.07) is 10.0. The van der Waals surface area contributed by atoms with Crippen LogP contribution in [0.4, 0.5) is 0 Å². The number of carbonyl (C=O) groups excluding carboxylic acids is 1. The van der Waals surface area contributed by atoms with E-state index in [1.165, 1.54) is 0 Å². The summed E-state index contributed by atoms with van der Waals surface area (Å²) >= 11 is 0. The topological polar surface area (TPSA) is 29.1 Å². The molecule has 1 N–H and O–H groups in total. The smallest absolute Gasteiger partial charge is 0.225 e. The van der Waals surface area contributed by atoms with Crippen LogP contribution in [0.1, 0.15) is 26.3 Å². The third kappa shape index (κ3) is 4.30. The van der Waals surface area contributed by atoms with Crippen molar-refractivity contribution >= 4 is 12.0 Å². The summed E-state index contributed by atoms with van der Waals surface area (Å²) in [5.41, 5.74) is 0.827. The standard InChI is InChI=1S/C14H19NO/c1-14(2,3)13(16)15-11-7-10-12-8-5-4-6-9-12/h4-10H,11H2,1-3H3,(H,15,16)/b10-7-. The maximum atomic E-state index is 11.5. The second-order valence-corrected chi connectivity index (χ2v) is 4.77. The lowest BCUT2D eigenvalue weighted by atomic mass is 9.96. The van der Waals surface area contributed by atoms with E-state index in [1.807, 2.05) is 63.3 Å². The van der Waals surface area contributed by atoms with Gasteiger partial charge >= 0.3 is 0 Å². The molecular formula is C14H19NO. The monoisotopic (exact) mass is 217 g/mol. The van der Waals surface area contributed by atoms with Gasteiger partial charge in [0.2, 0.25) is 5.91 Å². The highest BCUT2D eigenvalue weighted by Crippen LogP contribution is 2.12. The first-order valence-corrected chi connectivity index (χ1v) is 5.50. The Morgan fingerprint density at radius 3 is 2.44 bits per heavy atom. The fourth-order valence-corrected chi connectivity index (χ4v) is 1.18. The zero-order chi connectivity index (χ0) is 12.0. The van der Waals surface area contributed by atoms with Crippen molar-refractivity contribution in [3.8, 4) is 0 Å². The van der Waals surface area contributed by atoms with Crippen LogP contribution < -0.4 is 5.32 Å². The molecule has 0 atom stereocenters. The van der Waals surface area contributed by atoms with Crippen LogP contribution >= 0.6 is 0 Å². The molecule has 1 amide bonds. The summed E-state index contributed by atoms with van der Waals surface area (Å²) in [6.45, 7) is 6.29. The minimum Gasteiger partial charge on any atom is -0.352 e. The van der Waals surface area contributed by atoms with Crippen molar-refractivity contribution in [2.24, 2.45) is 5.41 Å². The Hall–Kier alpha value is -1.57. The predicted octanol–water partition coefficient (Wildman–Crippen LogP) is 2.86. The SMILES string of the molecule is CC(C)(C)C(=O)NC/C=C\c1ccccc1. The van der Waals surface area contributed by atoms with Gasteiger partial charge in [0.1, 0.15) is 0 Å². The van der Waals surface area contributed by atoms with E-state index in [-0.39, 0.29) is 11.3 Å². The maximum Gasteiger partial charge on any atom is 0.225 e. The zero-order valence-corrected chi connectivity index (χ0v) is 10.2. The first kappa shape index (κ1) is 12.5. The molecule has 0 aliphatic carbocycles. The second kappa shape index (κ2) is 5.50. The van der Waals surface area contributed by atoms with Crippen LogP contribution in [0, 0.1) is 5.41 Å². The lowest BCUT2D eigenvalue weighted by molar-refractivity contribution is -0.128. The average Bonchev–Trinajstić information content (AvgIpc) is 2.24. The number of carbonyl (C=O) groups is 1. The Bertz CT molecular complexity index is 360. The molecular weight excluding hydrogens is 198 g/mol. The highest BCUT2D eigenvalue weighted by Gasteiger charge is 2.19. The summed E-state index contributed by atoms with van der Waals surface area (Å²) in [6.07, 6.45) is 3.96. The Balaban J connectivity index is 2.37. The molecule has 1 rings (SSSR count). The molecule has 0 spiro atoms. The van der Waals surface area contributed by atoms with Crippen LogP contribution in [0.25, 0.3) is 6.08 Å². The number of hydrogen-bond donors (Lipinski definition) is 1. The predicted molar refractivity (Wildman–Crippen MR) is 67.9 cm³/mol. The largest absolute Gasteiger partial charge is 0.352 e. The van der Waals surface area contributed by atoms with Gasteiger partial charge in [-0.3, -0.25) is 4.79 Å². The lowest BCUT2D eigenvalue weighted by Crippen LogP contribution is -2.34. The van der Waals surface area contributed by atoms with Crippen LogP contribution in [0.3, 0.4) is 0 Å². The van der Waals surface area contributed by atoms with E-state index < -0.39 is 0 Å². The summed E-state index contributed by atoms with van der Waals surface area (Å²) in [7, 11) is 0. The van der Waals surface area contributed by atoms with Gasteiger partial charge in [0, 0.05) is 12.0 Å². The lowest BCUT2D eigenvalue weighted by Gasteiger charge is -2.16. The van der Waals surface area contributed by atoms with E-state index >= 15 is 0 Å². The van der Waals surface area contributed by atoms with E-state index in [0.717, 1.165) is 5.56 Å². The average molecular weight is 217 g/mol. The Labute approximate surface area is 97.4 Å². The van der Waals surface area contributed by atoms with Crippen molar-refractivity contribution in [3.63, 3.8) is 0 Å². The number of rotatable bonds is 3. The normalized spacial score (nSPS) is 11.7. The van der Waals surface area contributed by atoms with Crippen LogP contribution in [0.2, 0.25) is 0 Å². The van der Waals surface area contributed by atoms with Crippen molar-refractivity contribution in [1.82, 2.24) is 5.32 Å². The van der Waals surface area contributed by atoms with Gasteiger partial charge in [-0.05, 0) is 5.56 Å². The van der Waals surface area contributed by atoms with Gasteiger partial charge in [-0.25, -0.2) is 0 Å². The van der Waals surface area contributed by atoms with Gasteiger partial charge in [-0.1, -0.05) is 63.3 Å². The molecule has 0 bridgehead atoms. The molecule has 0 fully saturated rings. The van der Waals surface area contributed by atoms with E-state index in [9.17, 15) is 4.79 Å². The Morgan fingerprint density at radius 1 is 1.25 bits per heavy atom. The van der Waals surface area contributed by atoms with Crippen molar-refractivity contribution in [2.75, 3.05) is 6.54 Å². The molecule has 0 aliphatic rings. The fraction of sp³-hybridized carbons (Fsp3) is 0.357. The first-order chi connectivity index (χ1) is 7.50. The quantitative estimate of drug-likeness (QED) is 0.828. The van der Waals surface area contributed by atoms with Gasteiger partial charge < -0.3 is 5.32 Å². The van der Waals surface area contributed by atoms with Crippen molar-refractivity contribution < 1.29 is 4.79 Å². The highest BCUT2D eigenvalue weighted by molar-refractivity contribution is 5.81. The third-order valence-electron chi connectivity index (χ3n) is 2.17. The number of benzene rings is 1. The molecule has 2 nitrogen and oxygen atoms in total. The molecule has 0 radical (unpaired) electrons. The summed E-state index contributed by atoms with van der Waals surface area (Å²) in [4.78, 5) is 11.5. The molecule has 2 heteroatoms.